The minimum atomic E-state index is 0. The van der Waals surface area contributed by atoms with Gasteiger partial charge in [0.1, 0.15) is 0 Å². The highest BCUT2D eigenvalue weighted by atomic mass is 79.9. The van der Waals surface area contributed by atoms with Crippen molar-refractivity contribution in [3.63, 3.8) is 0 Å². The van der Waals surface area contributed by atoms with Crippen LogP contribution in [0.25, 0.3) is 0 Å². The first-order valence-corrected chi connectivity index (χ1v) is 4.05. The van der Waals surface area contributed by atoms with Crippen LogP contribution in [0.2, 0.25) is 5.02 Å². The average molecular weight is 257 g/mol. The highest BCUT2D eigenvalue weighted by Gasteiger charge is 1.99. The van der Waals surface area contributed by atoms with Crippen LogP contribution in [0.3, 0.4) is 0 Å². The number of hydrogen-bond acceptors (Lipinski definition) is 1. The van der Waals surface area contributed by atoms with Crippen LogP contribution in [0.4, 0.5) is 0 Å². The van der Waals surface area contributed by atoms with Gasteiger partial charge >= 0.3 is 0 Å². The molecule has 0 atom stereocenters. The fourth-order valence-electron chi connectivity index (χ4n) is 0.706. The largest absolute Gasteiger partial charge is 0.326 e. The van der Waals surface area contributed by atoms with Crippen molar-refractivity contribution in [1.82, 2.24) is 0 Å². The maximum Gasteiger partial charge on any atom is 0.0551 e. The van der Waals surface area contributed by atoms with E-state index in [-0.39, 0.29) is 12.4 Å². The Morgan fingerprint density at radius 2 is 2.09 bits per heavy atom. The van der Waals surface area contributed by atoms with Crippen LogP contribution >= 0.6 is 39.9 Å². The van der Waals surface area contributed by atoms with E-state index >= 15 is 0 Å². The van der Waals surface area contributed by atoms with Crippen LogP contribution in [-0.2, 0) is 6.54 Å². The number of halogens is 3. The van der Waals surface area contributed by atoms with Crippen molar-refractivity contribution in [3.05, 3.63) is 33.3 Å². The summed E-state index contributed by atoms with van der Waals surface area (Å²) in [6.45, 7) is 0.515. The first kappa shape index (κ1) is 11.2. The predicted octanol–water partition coefficient (Wildman–Crippen LogP) is 2.98. The molecule has 0 fully saturated rings. The van der Waals surface area contributed by atoms with E-state index < -0.39 is 0 Å². The van der Waals surface area contributed by atoms with Gasteiger partial charge in [0, 0.05) is 11.0 Å². The van der Waals surface area contributed by atoms with E-state index in [1.54, 1.807) is 0 Å². The van der Waals surface area contributed by atoms with E-state index in [1.165, 1.54) is 0 Å². The molecule has 1 aromatic rings. The van der Waals surface area contributed by atoms with Crippen molar-refractivity contribution in [2.24, 2.45) is 5.73 Å². The van der Waals surface area contributed by atoms with Crippen molar-refractivity contribution in [2.45, 2.75) is 6.54 Å². The molecule has 0 aliphatic heterocycles. The second-order valence-electron chi connectivity index (χ2n) is 1.92. The Labute approximate surface area is 85.5 Å². The molecule has 0 aliphatic rings. The van der Waals surface area contributed by atoms with Gasteiger partial charge in [-0.2, -0.15) is 0 Å². The van der Waals surface area contributed by atoms with Crippen LogP contribution in [0.5, 0.6) is 0 Å². The number of benzene rings is 1. The normalized spacial score (nSPS) is 9.00. The Bertz CT molecular complexity index is 240. The molecule has 0 radical (unpaired) electrons. The maximum atomic E-state index is 5.79. The lowest BCUT2D eigenvalue weighted by Crippen LogP contribution is -1.96. The summed E-state index contributed by atoms with van der Waals surface area (Å²) in [7, 11) is 0. The van der Waals surface area contributed by atoms with Crippen molar-refractivity contribution in [2.75, 3.05) is 0 Å². The standard InChI is InChI=1S/C7H7BrClN.ClH/c8-7-5(4-10)2-1-3-6(7)9;/h1-3H,4,10H2;1H. The van der Waals surface area contributed by atoms with E-state index in [9.17, 15) is 0 Å². The van der Waals surface area contributed by atoms with Gasteiger partial charge in [-0.1, -0.05) is 23.7 Å². The van der Waals surface area contributed by atoms with E-state index in [2.05, 4.69) is 15.9 Å². The lowest BCUT2D eigenvalue weighted by Gasteiger charge is -2.00. The summed E-state index contributed by atoms with van der Waals surface area (Å²) in [4.78, 5) is 0. The summed E-state index contributed by atoms with van der Waals surface area (Å²) >= 11 is 9.12. The summed E-state index contributed by atoms with van der Waals surface area (Å²) in [6.07, 6.45) is 0. The van der Waals surface area contributed by atoms with Crippen LogP contribution in [0.1, 0.15) is 5.56 Å². The van der Waals surface area contributed by atoms with Crippen molar-refractivity contribution >= 4 is 39.9 Å². The van der Waals surface area contributed by atoms with E-state index in [1.807, 2.05) is 18.2 Å². The molecule has 0 bridgehead atoms. The molecule has 0 aromatic heterocycles. The van der Waals surface area contributed by atoms with Gasteiger partial charge in [0.25, 0.3) is 0 Å². The number of nitrogens with two attached hydrogens (primary N) is 1. The molecular formula is C7H8BrCl2N. The Kier molecular flexibility index (Phi) is 5.10. The lowest BCUT2D eigenvalue weighted by atomic mass is 10.2. The zero-order chi connectivity index (χ0) is 7.56. The van der Waals surface area contributed by atoms with Crippen molar-refractivity contribution in [3.8, 4) is 0 Å². The van der Waals surface area contributed by atoms with Gasteiger partial charge in [-0.05, 0) is 27.6 Å². The molecule has 0 heterocycles. The minimum absolute atomic E-state index is 0. The molecule has 0 unspecified atom stereocenters. The van der Waals surface area contributed by atoms with Crippen molar-refractivity contribution in [1.29, 1.82) is 0 Å². The second-order valence-corrected chi connectivity index (χ2v) is 3.12. The molecule has 0 spiro atoms. The van der Waals surface area contributed by atoms with Gasteiger partial charge in [0.15, 0.2) is 0 Å². The van der Waals surface area contributed by atoms with E-state index in [4.69, 9.17) is 17.3 Å². The summed E-state index contributed by atoms with van der Waals surface area (Å²) in [5.41, 5.74) is 6.47. The van der Waals surface area contributed by atoms with Crippen molar-refractivity contribution < 1.29 is 0 Å². The van der Waals surface area contributed by atoms with Crippen LogP contribution in [0, 0.1) is 0 Å². The van der Waals surface area contributed by atoms with E-state index in [0.717, 1.165) is 10.0 Å². The third-order valence-electron chi connectivity index (χ3n) is 1.25. The summed E-state index contributed by atoms with van der Waals surface area (Å²) in [5.74, 6) is 0. The predicted molar refractivity (Wildman–Crippen MR) is 54.3 cm³/mol. The fourth-order valence-corrected chi connectivity index (χ4v) is 1.33. The monoisotopic (exact) mass is 255 g/mol. The Hall–Kier alpha value is 0.240. The van der Waals surface area contributed by atoms with Crippen LogP contribution < -0.4 is 5.73 Å². The molecule has 11 heavy (non-hydrogen) atoms. The molecule has 0 aliphatic carbocycles. The second kappa shape index (κ2) is 4.99. The molecule has 0 saturated carbocycles. The first-order chi connectivity index (χ1) is 4.75. The third-order valence-corrected chi connectivity index (χ3v) is 2.73. The summed E-state index contributed by atoms with van der Waals surface area (Å²) in [6, 6.07) is 5.65. The topological polar surface area (TPSA) is 26.0 Å². The number of hydrogen-bond donors (Lipinski definition) is 1. The molecular weight excluding hydrogens is 249 g/mol. The number of rotatable bonds is 1. The molecule has 4 heteroatoms. The maximum absolute atomic E-state index is 5.79. The summed E-state index contributed by atoms with van der Waals surface area (Å²) in [5, 5.41) is 0.711. The smallest absolute Gasteiger partial charge is 0.0551 e. The van der Waals surface area contributed by atoms with Gasteiger partial charge in [0.2, 0.25) is 0 Å². The van der Waals surface area contributed by atoms with Crippen LogP contribution in [-0.4, -0.2) is 0 Å². The van der Waals surface area contributed by atoms with Gasteiger partial charge in [-0.15, -0.1) is 12.4 Å². The average Bonchev–Trinajstić information content (AvgIpc) is 1.95. The van der Waals surface area contributed by atoms with E-state index in [0.29, 0.717) is 11.6 Å². The Balaban J connectivity index is 0.000001000. The van der Waals surface area contributed by atoms with Gasteiger partial charge in [0.05, 0.1) is 5.02 Å². The molecule has 0 amide bonds. The zero-order valence-corrected chi connectivity index (χ0v) is 8.84. The molecule has 1 rings (SSSR count). The highest BCUT2D eigenvalue weighted by Crippen LogP contribution is 2.25. The Morgan fingerprint density at radius 1 is 1.45 bits per heavy atom. The quantitative estimate of drug-likeness (QED) is 0.822. The van der Waals surface area contributed by atoms with Gasteiger partial charge in [-0.25, -0.2) is 0 Å². The first-order valence-electron chi connectivity index (χ1n) is 2.88. The molecule has 1 nitrogen and oxygen atoms in total. The SMILES string of the molecule is Cl.NCc1cccc(Cl)c1Br. The highest BCUT2D eigenvalue weighted by molar-refractivity contribution is 9.10. The van der Waals surface area contributed by atoms with Gasteiger partial charge in [-0.3, -0.25) is 0 Å². The van der Waals surface area contributed by atoms with Crippen LogP contribution in [0.15, 0.2) is 22.7 Å². The fraction of sp³-hybridized carbons (Fsp3) is 0.143. The zero-order valence-electron chi connectivity index (χ0n) is 5.68. The Morgan fingerprint density at radius 3 is 2.55 bits per heavy atom. The molecule has 1 aromatic carbocycles. The molecule has 2 N–H and O–H groups in total. The minimum Gasteiger partial charge on any atom is -0.326 e. The summed E-state index contributed by atoms with van der Waals surface area (Å²) < 4.78 is 0.902. The third kappa shape index (κ3) is 2.64. The lowest BCUT2D eigenvalue weighted by molar-refractivity contribution is 1.06. The van der Waals surface area contributed by atoms with Gasteiger partial charge < -0.3 is 5.73 Å². The molecule has 0 saturated heterocycles. The molecule has 62 valence electrons.